The molecule has 2 bridgehead atoms. The van der Waals surface area contributed by atoms with Gasteiger partial charge in [0, 0.05) is 18.9 Å². The molecule has 3 atom stereocenters. The second-order valence-corrected chi connectivity index (χ2v) is 7.41. The minimum atomic E-state index is -0.886. The topological polar surface area (TPSA) is 92.9 Å². The summed E-state index contributed by atoms with van der Waals surface area (Å²) in [4.78, 5) is 27.0. The van der Waals surface area contributed by atoms with Crippen molar-refractivity contribution in [2.24, 2.45) is 11.7 Å². The number of aromatic hydroxyl groups is 1. The average molecular weight is 366 g/mol. The number of fused-ring (bicyclic) bond motifs is 4. The monoisotopic (exact) mass is 366 g/mol. The van der Waals surface area contributed by atoms with Crippen molar-refractivity contribution < 1.29 is 19.4 Å². The fourth-order valence-electron chi connectivity index (χ4n) is 4.28. The van der Waals surface area contributed by atoms with Crippen LogP contribution in [0.5, 0.6) is 11.5 Å². The number of hydrogen-bond acceptors (Lipinski definition) is 4. The van der Waals surface area contributed by atoms with Crippen LogP contribution in [0.3, 0.4) is 0 Å². The van der Waals surface area contributed by atoms with Crippen molar-refractivity contribution in [1.82, 2.24) is 4.90 Å². The first-order valence-corrected chi connectivity index (χ1v) is 9.06. The molecule has 4 rings (SSSR count). The van der Waals surface area contributed by atoms with Crippen LogP contribution in [0.4, 0.5) is 0 Å². The SMILES string of the molecule is CC12CC(c3ccccc3O1)C(C(N)=O)C(=O)N2CCc1ccc(O)cc1. The van der Waals surface area contributed by atoms with Crippen LogP contribution in [0.2, 0.25) is 0 Å². The van der Waals surface area contributed by atoms with E-state index in [1.165, 1.54) is 0 Å². The molecule has 0 spiro atoms. The summed E-state index contributed by atoms with van der Waals surface area (Å²) in [7, 11) is 0. The lowest BCUT2D eigenvalue weighted by Gasteiger charge is -2.52. The number of carbonyl (C=O) groups is 2. The number of primary amides is 1. The molecule has 2 aliphatic rings. The average Bonchev–Trinajstić information content (AvgIpc) is 2.62. The van der Waals surface area contributed by atoms with Crippen LogP contribution in [0.25, 0.3) is 0 Å². The van der Waals surface area contributed by atoms with E-state index >= 15 is 0 Å². The van der Waals surface area contributed by atoms with Crippen LogP contribution in [0.15, 0.2) is 48.5 Å². The number of ether oxygens (including phenoxy) is 1. The number of nitrogens with two attached hydrogens (primary N) is 1. The van der Waals surface area contributed by atoms with Crippen LogP contribution in [-0.2, 0) is 16.0 Å². The highest BCUT2D eigenvalue weighted by Crippen LogP contribution is 2.49. The Labute approximate surface area is 157 Å². The highest BCUT2D eigenvalue weighted by atomic mass is 16.5. The van der Waals surface area contributed by atoms with Gasteiger partial charge in [-0.2, -0.15) is 0 Å². The van der Waals surface area contributed by atoms with E-state index in [9.17, 15) is 14.7 Å². The first kappa shape index (κ1) is 17.4. The number of phenols is 1. The van der Waals surface area contributed by atoms with E-state index in [-0.39, 0.29) is 17.6 Å². The maximum absolute atomic E-state index is 13.2. The maximum atomic E-state index is 13.2. The summed E-state index contributed by atoms with van der Waals surface area (Å²) in [6.07, 6.45) is 1.11. The number of amides is 2. The van der Waals surface area contributed by atoms with E-state index in [1.54, 1.807) is 17.0 Å². The minimum absolute atomic E-state index is 0.198. The van der Waals surface area contributed by atoms with Crippen molar-refractivity contribution in [3.63, 3.8) is 0 Å². The molecule has 0 radical (unpaired) electrons. The Hall–Kier alpha value is -3.02. The molecule has 6 heteroatoms. The van der Waals surface area contributed by atoms with Gasteiger partial charge in [-0.1, -0.05) is 30.3 Å². The van der Waals surface area contributed by atoms with Crippen molar-refractivity contribution in [2.75, 3.05) is 6.54 Å². The molecule has 27 heavy (non-hydrogen) atoms. The maximum Gasteiger partial charge on any atom is 0.238 e. The van der Waals surface area contributed by atoms with E-state index < -0.39 is 17.6 Å². The number of phenolic OH excluding ortho intramolecular Hbond substituents is 1. The fraction of sp³-hybridized carbons (Fsp3) is 0.333. The second kappa shape index (κ2) is 6.30. The number of nitrogens with zero attached hydrogens (tertiary/aromatic N) is 1. The van der Waals surface area contributed by atoms with Gasteiger partial charge in [0.2, 0.25) is 11.8 Å². The summed E-state index contributed by atoms with van der Waals surface area (Å²) in [5, 5.41) is 9.43. The van der Waals surface area contributed by atoms with Gasteiger partial charge in [0.1, 0.15) is 17.4 Å². The van der Waals surface area contributed by atoms with Gasteiger partial charge in [0.25, 0.3) is 0 Å². The molecule has 0 saturated carbocycles. The first-order chi connectivity index (χ1) is 12.9. The van der Waals surface area contributed by atoms with Gasteiger partial charge in [-0.15, -0.1) is 0 Å². The summed E-state index contributed by atoms with van der Waals surface area (Å²) in [5.74, 6) is -1.14. The molecule has 3 N–H and O–H groups in total. The van der Waals surface area contributed by atoms with Crippen LogP contribution < -0.4 is 10.5 Å². The van der Waals surface area contributed by atoms with Crippen LogP contribution in [-0.4, -0.2) is 34.1 Å². The molecule has 140 valence electrons. The number of para-hydroxylation sites is 1. The predicted octanol–water partition coefficient (Wildman–Crippen LogP) is 2.16. The number of rotatable bonds is 4. The third-order valence-corrected chi connectivity index (χ3v) is 5.62. The van der Waals surface area contributed by atoms with Crippen molar-refractivity contribution in [2.45, 2.75) is 31.4 Å². The number of carbonyl (C=O) groups excluding carboxylic acids is 2. The van der Waals surface area contributed by atoms with Gasteiger partial charge in [-0.05, 0) is 42.7 Å². The molecule has 2 aromatic carbocycles. The molecule has 1 fully saturated rings. The Morgan fingerprint density at radius 2 is 1.96 bits per heavy atom. The minimum Gasteiger partial charge on any atom is -0.508 e. The highest BCUT2D eigenvalue weighted by Gasteiger charge is 2.55. The van der Waals surface area contributed by atoms with Crippen LogP contribution in [0.1, 0.15) is 30.4 Å². The second-order valence-electron chi connectivity index (χ2n) is 7.41. The Morgan fingerprint density at radius 3 is 2.67 bits per heavy atom. The lowest BCUT2D eigenvalue weighted by Crippen LogP contribution is -2.64. The van der Waals surface area contributed by atoms with E-state index in [0.717, 1.165) is 11.1 Å². The first-order valence-electron chi connectivity index (χ1n) is 9.06. The van der Waals surface area contributed by atoms with E-state index in [4.69, 9.17) is 10.5 Å². The fourth-order valence-corrected chi connectivity index (χ4v) is 4.28. The molecule has 0 aliphatic carbocycles. The third-order valence-electron chi connectivity index (χ3n) is 5.62. The molecular formula is C21H22N2O4. The van der Waals surface area contributed by atoms with Gasteiger partial charge < -0.3 is 20.5 Å². The molecule has 2 aromatic rings. The number of benzene rings is 2. The van der Waals surface area contributed by atoms with Gasteiger partial charge in [0.15, 0.2) is 5.72 Å². The quantitative estimate of drug-likeness (QED) is 0.811. The molecule has 1 saturated heterocycles. The predicted molar refractivity (Wildman–Crippen MR) is 99.0 cm³/mol. The Balaban J connectivity index is 1.67. The summed E-state index contributed by atoms with van der Waals surface area (Å²) < 4.78 is 6.22. The zero-order valence-electron chi connectivity index (χ0n) is 15.1. The van der Waals surface area contributed by atoms with Gasteiger partial charge >= 0.3 is 0 Å². The van der Waals surface area contributed by atoms with Crippen LogP contribution in [0, 0.1) is 5.92 Å². The molecular weight excluding hydrogens is 344 g/mol. The molecule has 2 amide bonds. The van der Waals surface area contributed by atoms with Crippen molar-refractivity contribution in [1.29, 1.82) is 0 Å². The zero-order valence-corrected chi connectivity index (χ0v) is 15.1. The molecule has 2 heterocycles. The van der Waals surface area contributed by atoms with Crippen molar-refractivity contribution in [3.8, 4) is 11.5 Å². The summed E-state index contributed by atoms with van der Waals surface area (Å²) >= 11 is 0. The Bertz CT molecular complexity index is 895. The van der Waals surface area contributed by atoms with Crippen LogP contribution >= 0.6 is 0 Å². The van der Waals surface area contributed by atoms with Crippen molar-refractivity contribution >= 4 is 11.8 Å². The largest absolute Gasteiger partial charge is 0.508 e. The molecule has 0 aromatic heterocycles. The zero-order chi connectivity index (χ0) is 19.2. The van der Waals surface area contributed by atoms with E-state index in [1.807, 2.05) is 43.3 Å². The van der Waals surface area contributed by atoms with E-state index in [2.05, 4.69) is 0 Å². The smallest absolute Gasteiger partial charge is 0.238 e. The summed E-state index contributed by atoms with van der Waals surface area (Å²) in [5.41, 5.74) is 6.65. The normalized spacial score (nSPS) is 26.3. The summed E-state index contributed by atoms with van der Waals surface area (Å²) in [6.45, 7) is 2.29. The lowest BCUT2D eigenvalue weighted by atomic mass is 9.73. The molecule has 6 nitrogen and oxygen atoms in total. The molecule has 2 aliphatic heterocycles. The van der Waals surface area contributed by atoms with Gasteiger partial charge in [0.05, 0.1) is 0 Å². The number of piperidine rings is 1. The van der Waals surface area contributed by atoms with Gasteiger partial charge in [-0.25, -0.2) is 0 Å². The lowest BCUT2D eigenvalue weighted by molar-refractivity contribution is -0.175. The summed E-state index contributed by atoms with van der Waals surface area (Å²) in [6, 6.07) is 14.4. The Morgan fingerprint density at radius 1 is 1.26 bits per heavy atom. The van der Waals surface area contributed by atoms with E-state index in [0.29, 0.717) is 25.1 Å². The standard InChI is InChI=1S/C21H22N2O4/c1-21-12-16(15-4-2-3-5-17(15)27-21)18(19(22)25)20(26)23(21)11-10-13-6-8-14(24)9-7-13/h2-9,16,18,24H,10-12H2,1H3,(H2,22,25). The van der Waals surface area contributed by atoms with Crippen molar-refractivity contribution in [3.05, 3.63) is 59.7 Å². The highest BCUT2D eigenvalue weighted by molar-refractivity contribution is 6.01. The van der Waals surface area contributed by atoms with Gasteiger partial charge in [-0.3, -0.25) is 9.59 Å². The molecule has 3 unspecified atom stereocenters. The third kappa shape index (κ3) is 2.91. The number of likely N-dealkylation sites (tertiary alicyclic amines) is 1. The Kier molecular flexibility index (Phi) is 4.06. The number of hydrogen-bond donors (Lipinski definition) is 2.